The van der Waals surface area contributed by atoms with E-state index in [-0.39, 0.29) is 11.5 Å². The lowest BCUT2D eigenvalue weighted by atomic mass is 9.90. The van der Waals surface area contributed by atoms with E-state index in [1.54, 1.807) is 23.7 Å². The van der Waals surface area contributed by atoms with Gasteiger partial charge in [0.2, 0.25) is 0 Å². The topological polar surface area (TPSA) is 82.4 Å². The van der Waals surface area contributed by atoms with Crippen molar-refractivity contribution in [3.8, 4) is 17.2 Å². The number of likely N-dealkylation sites (N-methyl/N-ethyl adjacent to an activating group) is 1. The molecule has 0 N–H and O–H groups in total. The van der Waals surface area contributed by atoms with E-state index >= 15 is 0 Å². The molecule has 1 amide bonds. The number of hydrogen-bond acceptors (Lipinski definition) is 7. The van der Waals surface area contributed by atoms with Crippen LogP contribution in [-0.4, -0.2) is 49.3 Å². The number of rotatable bonds is 9. The van der Waals surface area contributed by atoms with Crippen molar-refractivity contribution < 1.29 is 19.0 Å². The number of benzene rings is 3. The highest BCUT2D eigenvalue weighted by molar-refractivity contribution is 9.10. The number of methoxy groups -OCH3 is 2. The zero-order valence-electron chi connectivity index (χ0n) is 25.1. The van der Waals surface area contributed by atoms with Crippen molar-refractivity contribution in [2.24, 2.45) is 4.99 Å². The van der Waals surface area contributed by atoms with Crippen molar-refractivity contribution in [3.63, 3.8) is 0 Å². The maximum atomic E-state index is 14.4. The lowest BCUT2D eigenvalue weighted by Crippen LogP contribution is -2.43. The van der Waals surface area contributed by atoms with Gasteiger partial charge in [-0.25, -0.2) is 4.99 Å². The zero-order chi connectivity index (χ0) is 30.8. The van der Waals surface area contributed by atoms with Crippen molar-refractivity contribution in [2.75, 3.05) is 33.9 Å². The minimum Gasteiger partial charge on any atom is -0.496 e. The van der Waals surface area contributed by atoms with Crippen molar-refractivity contribution >= 4 is 50.0 Å². The van der Waals surface area contributed by atoms with Gasteiger partial charge in [0.1, 0.15) is 11.8 Å². The summed E-state index contributed by atoms with van der Waals surface area (Å²) in [5.41, 5.74) is 2.30. The normalized spacial score (nSPS) is 14.9. The number of carbonyl (C=O) groups excluding carboxylic acids is 1. The first-order valence-electron chi connectivity index (χ1n) is 14.2. The standard InChI is InChI=1S/C33H34BrN3O5S/c1-7-36(8-2)32(39)27-19(4)35-33-37(29(27)28-22-13-11-10-12-21(22)14-15-24(28)40-5)31(38)26(43-33)18-20-16-23(34)30(42-9-3)25(17-20)41-6/h10-18,29H,7-9H2,1-6H3/b26-18+/t29-/m0/s1. The van der Waals surface area contributed by atoms with Crippen LogP contribution < -0.4 is 29.1 Å². The summed E-state index contributed by atoms with van der Waals surface area (Å²) in [4.78, 5) is 35.6. The lowest BCUT2D eigenvalue weighted by molar-refractivity contribution is -0.127. The number of aromatic nitrogens is 1. The second-order valence-electron chi connectivity index (χ2n) is 9.93. The first-order chi connectivity index (χ1) is 20.8. The summed E-state index contributed by atoms with van der Waals surface area (Å²) in [6.45, 7) is 9.19. The molecule has 0 unspecified atom stereocenters. The second kappa shape index (κ2) is 12.8. The van der Waals surface area contributed by atoms with Crippen LogP contribution in [0.2, 0.25) is 0 Å². The molecule has 1 aliphatic rings. The van der Waals surface area contributed by atoms with Gasteiger partial charge in [-0.05, 0) is 84.2 Å². The fourth-order valence-electron chi connectivity index (χ4n) is 5.54. The van der Waals surface area contributed by atoms with Crippen LogP contribution in [0.15, 0.2) is 74.1 Å². The van der Waals surface area contributed by atoms with Gasteiger partial charge in [-0.15, -0.1) is 0 Å². The SMILES string of the molecule is CCOc1c(Br)cc(/C=c2/sc3n(c2=O)[C@H](c2c(OC)ccc4ccccc24)C(C(=O)N(CC)CC)=C(C)N=3)cc1OC. The summed E-state index contributed by atoms with van der Waals surface area (Å²) in [5.74, 6) is 1.59. The Morgan fingerprint density at radius 2 is 1.79 bits per heavy atom. The van der Waals surface area contributed by atoms with E-state index in [2.05, 4.69) is 15.9 Å². The molecule has 0 radical (unpaired) electrons. The van der Waals surface area contributed by atoms with Gasteiger partial charge in [0, 0.05) is 18.7 Å². The van der Waals surface area contributed by atoms with Gasteiger partial charge in [-0.3, -0.25) is 14.2 Å². The summed E-state index contributed by atoms with van der Waals surface area (Å²) in [7, 11) is 3.19. The van der Waals surface area contributed by atoms with Gasteiger partial charge in [0.25, 0.3) is 11.5 Å². The number of amides is 1. The number of hydrogen-bond donors (Lipinski definition) is 0. The van der Waals surface area contributed by atoms with Gasteiger partial charge in [-0.1, -0.05) is 41.7 Å². The van der Waals surface area contributed by atoms with E-state index in [9.17, 15) is 9.59 Å². The molecule has 5 rings (SSSR count). The molecule has 224 valence electrons. The highest BCUT2D eigenvalue weighted by Crippen LogP contribution is 2.41. The Kier molecular flexibility index (Phi) is 9.08. The van der Waals surface area contributed by atoms with Gasteiger partial charge in [0.05, 0.1) is 41.1 Å². The molecule has 0 saturated carbocycles. The van der Waals surface area contributed by atoms with E-state index in [1.807, 2.05) is 82.3 Å². The third-order valence-electron chi connectivity index (χ3n) is 7.56. The van der Waals surface area contributed by atoms with E-state index in [1.165, 1.54) is 11.3 Å². The Bertz CT molecular complexity index is 1920. The molecule has 0 spiro atoms. The van der Waals surface area contributed by atoms with Crippen LogP contribution in [0.1, 0.15) is 44.9 Å². The van der Waals surface area contributed by atoms with Crippen LogP contribution in [0.25, 0.3) is 16.8 Å². The van der Waals surface area contributed by atoms with Gasteiger partial charge in [0.15, 0.2) is 16.3 Å². The molecule has 10 heteroatoms. The molecule has 1 aliphatic heterocycles. The first kappa shape index (κ1) is 30.6. The summed E-state index contributed by atoms with van der Waals surface area (Å²) in [6.07, 6.45) is 1.81. The summed E-state index contributed by atoms with van der Waals surface area (Å²) in [5, 5.41) is 1.89. The van der Waals surface area contributed by atoms with Crippen molar-refractivity contribution in [1.82, 2.24) is 9.47 Å². The number of allylic oxidation sites excluding steroid dienone is 1. The predicted octanol–water partition coefficient (Wildman–Crippen LogP) is 5.44. The molecule has 2 heterocycles. The highest BCUT2D eigenvalue weighted by Gasteiger charge is 2.36. The Labute approximate surface area is 262 Å². The molecule has 8 nitrogen and oxygen atoms in total. The predicted molar refractivity (Wildman–Crippen MR) is 174 cm³/mol. The zero-order valence-corrected chi connectivity index (χ0v) is 27.5. The maximum absolute atomic E-state index is 14.4. The van der Waals surface area contributed by atoms with Crippen LogP contribution >= 0.6 is 27.3 Å². The average molecular weight is 665 g/mol. The molecular weight excluding hydrogens is 630 g/mol. The fourth-order valence-corrected chi connectivity index (χ4v) is 7.16. The quantitative estimate of drug-likeness (QED) is 0.238. The molecule has 0 aliphatic carbocycles. The van der Waals surface area contributed by atoms with E-state index in [4.69, 9.17) is 19.2 Å². The molecule has 1 aromatic heterocycles. The number of ether oxygens (including phenoxy) is 3. The lowest BCUT2D eigenvalue weighted by Gasteiger charge is -2.30. The molecule has 0 bridgehead atoms. The number of nitrogens with zero attached hydrogens (tertiary/aromatic N) is 3. The third-order valence-corrected chi connectivity index (χ3v) is 9.14. The van der Waals surface area contributed by atoms with Crippen LogP contribution in [0.4, 0.5) is 0 Å². The van der Waals surface area contributed by atoms with Crippen molar-refractivity contribution in [1.29, 1.82) is 0 Å². The minimum atomic E-state index is -0.742. The molecule has 0 fully saturated rings. The highest BCUT2D eigenvalue weighted by atomic mass is 79.9. The molecule has 0 saturated heterocycles. The van der Waals surface area contributed by atoms with Crippen molar-refractivity contribution in [2.45, 2.75) is 33.7 Å². The summed E-state index contributed by atoms with van der Waals surface area (Å²) in [6, 6.07) is 14.8. The Hall–Kier alpha value is -3.89. The van der Waals surface area contributed by atoms with Crippen molar-refractivity contribution in [3.05, 3.63) is 95.1 Å². The van der Waals surface area contributed by atoms with Crippen LogP contribution in [0.5, 0.6) is 17.2 Å². The third kappa shape index (κ3) is 5.49. The summed E-state index contributed by atoms with van der Waals surface area (Å²) < 4.78 is 20.0. The van der Waals surface area contributed by atoms with Gasteiger partial charge < -0.3 is 19.1 Å². The largest absolute Gasteiger partial charge is 0.496 e. The van der Waals surface area contributed by atoms with Crippen LogP contribution in [-0.2, 0) is 4.79 Å². The molecule has 1 atom stereocenters. The number of thiazole rings is 1. The molecular formula is C33H34BrN3O5S. The van der Waals surface area contributed by atoms with Crippen LogP contribution in [0, 0.1) is 0 Å². The second-order valence-corrected chi connectivity index (χ2v) is 11.8. The van der Waals surface area contributed by atoms with E-state index in [0.717, 1.165) is 21.9 Å². The fraction of sp³-hybridized carbons (Fsp3) is 0.303. The van der Waals surface area contributed by atoms with E-state index in [0.29, 0.717) is 62.0 Å². The number of fused-ring (bicyclic) bond motifs is 2. The monoisotopic (exact) mass is 663 g/mol. The first-order valence-corrected chi connectivity index (χ1v) is 15.8. The number of carbonyl (C=O) groups is 1. The molecule has 4 aromatic rings. The Balaban J connectivity index is 1.81. The molecule has 43 heavy (non-hydrogen) atoms. The van der Waals surface area contributed by atoms with E-state index < -0.39 is 6.04 Å². The maximum Gasteiger partial charge on any atom is 0.271 e. The molecule has 3 aromatic carbocycles. The Morgan fingerprint density at radius 3 is 2.47 bits per heavy atom. The Morgan fingerprint density at radius 1 is 1.07 bits per heavy atom. The number of halogens is 1. The average Bonchev–Trinajstić information content (AvgIpc) is 3.31. The smallest absolute Gasteiger partial charge is 0.271 e. The van der Waals surface area contributed by atoms with Gasteiger partial charge >= 0.3 is 0 Å². The minimum absolute atomic E-state index is 0.152. The summed E-state index contributed by atoms with van der Waals surface area (Å²) >= 11 is 4.87. The van der Waals surface area contributed by atoms with Crippen LogP contribution in [0.3, 0.4) is 0 Å². The van der Waals surface area contributed by atoms with Gasteiger partial charge in [-0.2, -0.15) is 0 Å².